The molecule has 3 amide bonds. The molecule has 5 rings (SSSR count). The second-order valence-corrected chi connectivity index (χ2v) is 10.8. The van der Waals surface area contributed by atoms with Crippen molar-refractivity contribution in [3.05, 3.63) is 45.3 Å². The Balaban J connectivity index is 1.38. The Morgan fingerprint density at radius 3 is 2.74 bits per heavy atom. The lowest BCUT2D eigenvalue weighted by Gasteiger charge is -2.29. The summed E-state index contributed by atoms with van der Waals surface area (Å²) in [6.07, 6.45) is 7.58. The third kappa shape index (κ3) is 5.34. The molecule has 1 aliphatic carbocycles. The number of imide groups is 1. The minimum absolute atomic E-state index is 0.138. The highest BCUT2D eigenvalue weighted by molar-refractivity contribution is 8.18. The summed E-state index contributed by atoms with van der Waals surface area (Å²) >= 11 is 2.64. The van der Waals surface area contributed by atoms with Gasteiger partial charge in [0.15, 0.2) is 5.17 Å². The van der Waals surface area contributed by atoms with Crippen molar-refractivity contribution in [1.82, 2.24) is 20.1 Å². The molecule has 0 atom stereocenters. The topological polar surface area (TPSA) is 87.1 Å². The molecule has 178 valence electrons. The van der Waals surface area contributed by atoms with E-state index in [9.17, 15) is 9.59 Å². The molecule has 8 nitrogen and oxygen atoms in total. The zero-order chi connectivity index (χ0) is 23.7. The van der Waals surface area contributed by atoms with Gasteiger partial charge in [-0.25, -0.2) is 14.7 Å². The van der Waals surface area contributed by atoms with E-state index in [2.05, 4.69) is 22.2 Å². The molecule has 1 aromatic heterocycles. The van der Waals surface area contributed by atoms with Gasteiger partial charge in [0.05, 0.1) is 16.1 Å². The highest BCUT2D eigenvalue weighted by Crippen LogP contribution is 2.36. The van der Waals surface area contributed by atoms with E-state index in [1.165, 1.54) is 23.1 Å². The van der Waals surface area contributed by atoms with E-state index in [0.29, 0.717) is 15.8 Å². The summed E-state index contributed by atoms with van der Waals surface area (Å²) in [5.74, 6) is 0.454. The largest absolute Gasteiger partial charge is 0.490 e. The lowest BCUT2D eigenvalue weighted by molar-refractivity contribution is -0.120. The Bertz CT molecular complexity index is 1140. The van der Waals surface area contributed by atoms with E-state index in [1.807, 2.05) is 25.1 Å². The molecule has 0 unspecified atom stereocenters. The van der Waals surface area contributed by atoms with Crippen LogP contribution < -0.4 is 10.1 Å². The molecule has 3 heterocycles. The summed E-state index contributed by atoms with van der Waals surface area (Å²) in [4.78, 5) is 39.5. The number of urea groups is 1. The summed E-state index contributed by atoms with van der Waals surface area (Å²) in [7, 11) is 2.13. The number of nitrogens with zero attached hydrogens (tertiary/aromatic N) is 4. The summed E-state index contributed by atoms with van der Waals surface area (Å²) in [6.45, 7) is 4.04. The number of likely N-dealkylation sites (tertiary alicyclic amines) is 1. The zero-order valence-corrected chi connectivity index (χ0v) is 20.8. The molecule has 0 radical (unpaired) electrons. The maximum atomic E-state index is 13.1. The maximum Gasteiger partial charge on any atom is 0.330 e. The first-order valence-electron chi connectivity index (χ1n) is 11.4. The SMILES string of the molecule is Cc1cc(OC2CCN(C)CC2)ccc1N=C1SC(=Cc2cncs2)C(=O)N1C(=O)NC1CC1. The normalized spacial score (nSPS) is 22.1. The Morgan fingerprint density at radius 2 is 2.06 bits per heavy atom. The summed E-state index contributed by atoms with van der Waals surface area (Å²) < 4.78 is 6.19. The molecular formula is C24H27N5O3S2. The van der Waals surface area contributed by atoms with Gasteiger partial charge >= 0.3 is 6.03 Å². The number of thioether (sulfide) groups is 1. The number of aliphatic imine (C=N–C) groups is 1. The first kappa shape index (κ1) is 23.1. The number of hydrogen-bond donors (Lipinski definition) is 1. The van der Waals surface area contributed by atoms with Crippen LogP contribution in [0.2, 0.25) is 0 Å². The van der Waals surface area contributed by atoms with Crippen LogP contribution in [0.4, 0.5) is 10.5 Å². The summed E-state index contributed by atoms with van der Waals surface area (Å²) in [6, 6.07) is 5.49. The Kier molecular flexibility index (Phi) is 6.71. The second-order valence-electron chi connectivity index (χ2n) is 8.84. The smallest absolute Gasteiger partial charge is 0.330 e. The predicted molar refractivity (Wildman–Crippen MR) is 136 cm³/mol. The predicted octanol–water partition coefficient (Wildman–Crippen LogP) is 4.40. The van der Waals surface area contributed by atoms with Crippen LogP contribution >= 0.6 is 23.1 Å². The van der Waals surface area contributed by atoms with Gasteiger partial charge < -0.3 is 15.0 Å². The number of amidine groups is 1. The summed E-state index contributed by atoms with van der Waals surface area (Å²) in [5.41, 5.74) is 3.34. The van der Waals surface area contributed by atoms with Gasteiger partial charge in [0.25, 0.3) is 5.91 Å². The number of aromatic nitrogens is 1. The number of benzene rings is 1. The molecule has 3 aliphatic rings. The first-order chi connectivity index (χ1) is 16.5. The molecule has 1 N–H and O–H groups in total. The van der Waals surface area contributed by atoms with Crippen molar-refractivity contribution in [2.24, 2.45) is 4.99 Å². The number of hydrogen-bond acceptors (Lipinski definition) is 8. The summed E-state index contributed by atoms with van der Waals surface area (Å²) in [5, 5.41) is 3.26. The van der Waals surface area contributed by atoms with Crippen molar-refractivity contribution >= 4 is 52.0 Å². The zero-order valence-electron chi connectivity index (χ0n) is 19.2. The lowest BCUT2D eigenvalue weighted by Crippen LogP contribution is -2.43. The van der Waals surface area contributed by atoms with Crippen LogP contribution in [0.3, 0.4) is 0 Å². The van der Waals surface area contributed by atoms with Crippen LogP contribution in [0.15, 0.2) is 39.8 Å². The van der Waals surface area contributed by atoms with E-state index in [1.54, 1.807) is 17.8 Å². The van der Waals surface area contributed by atoms with Crippen LogP contribution in [-0.4, -0.2) is 64.2 Å². The fourth-order valence-electron chi connectivity index (χ4n) is 3.85. The van der Waals surface area contributed by atoms with Crippen molar-refractivity contribution in [3.8, 4) is 5.75 Å². The van der Waals surface area contributed by atoms with Gasteiger partial charge in [-0.3, -0.25) is 9.78 Å². The van der Waals surface area contributed by atoms with Crippen LogP contribution in [0, 0.1) is 6.92 Å². The van der Waals surface area contributed by atoms with Gasteiger partial charge in [-0.2, -0.15) is 0 Å². The number of nitrogens with one attached hydrogen (secondary N) is 1. The monoisotopic (exact) mass is 497 g/mol. The molecule has 2 aromatic rings. The van der Waals surface area contributed by atoms with Crippen LogP contribution in [-0.2, 0) is 4.79 Å². The number of ether oxygens (including phenoxy) is 1. The van der Waals surface area contributed by atoms with E-state index in [4.69, 9.17) is 9.73 Å². The van der Waals surface area contributed by atoms with Crippen molar-refractivity contribution < 1.29 is 14.3 Å². The fraction of sp³-hybridized carbons (Fsp3) is 0.417. The number of rotatable bonds is 5. The molecule has 0 spiro atoms. The Labute approximate surface area is 207 Å². The molecule has 1 saturated carbocycles. The van der Waals surface area contributed by atoms with Gasteiger partial charge in [0, 0.05) is 30.2 Å². The molecular weight excluding hydrogens is 470 g/mol. The maximum absolute atomic E-state index is 13.1. The number of amides is 3. The number of thiazole rings is 1. The third-order valence-electron chi connectivity index (χ3n) is 5.99. The molecule has 1 aromatic carbocycles. The van der Waals surface area contributed by atoms with Crippen LogP contribution in [0.25, 0.3) is 6.08 Å². The molecule has 2 aliphatic heterocycles. The first-order valence-corrected chi connectivity index (χ1v) is 13.1. The minimum atomic E-state index is -0.425. The van der Waals surface area contributed by atoms with Gasteiger partial charge in [0.2, 0.25) is 0 Å². The Hall–Kier alpha value is -2.69. The quantitative estimate of drug-likeness (QED) is 0.616. The van der Waals surface area contributed by atoms with Gasteiger partial charge in [0.1, 0.15) is 11.9 Å². The number of carbonyl (C=O) groups is 2. The third-order valence-corrected chi connectivity index (χ3v) is 7.68. The highest BCUT2D eigenvalue weighted by atomic mass is 32.2. The minimum Gasteiger partial charge on any atom is -0.490 e. The standard InChI is InChI=1S/C24H27N5O3S2/c1-15-11-18(32-17-7-9-28(2)10-8-17)5-6-20(15)27-24-29(23(31)26-16-3-4-16)22(30)21(34-24)12-19-13-25-14-33-19/h5-6,11-14,16-17H,3-4,7-10H2,1-2H3,(H,26,31). The number of carbonyl (C=O) groups excluding carboxylic acids is 2. The molecule has 10 heteroatoms. The van der Waals surface area contributed by atoms with Crippen LogP contribution in [0.5, 0.6) is 5.75 Å². The van der Waals surface area contributed by atoms with Crippen LogP contribution in [0.1, 0.15) is 36.1 Å². The highest BCUT2D eigenvalue weighted by Gasteiger charge is 2.40. The average molecular weight is 498 g/mol. The molecule has 3 fully saturated rings. The average Bonchev–Trinajstić information content (AvgIpc) is 3.36. The van der Waals surface area contributed by atoms with Crippen molar-refractivity contribution in [3.63, 3.8) is 0 Å². The lowest BCUT2D eigenvalue weighted by atomic mass is 10.1. The van der Waals surface area contributed by atoms with Gasteiger partial charge in [-0.15, -0.1) is 11.3 Å². The Morgan fingerprint density at radius 1 is 1.26 bits per heavy atom. The fourth-order valence-corrected chi connectivity index (χ4v) is 5.43. The van der Waals surface area contributed by atoms with Crippen molar-refractivity contribution in [2.45, 2.75) is 44.8 Å². The second kappa shape index (κ2) is 9.89. The van der Waals surface area contributed by atoms with E-state index >= 15 is 0 Å². The molecule has 2 saturated heterocycles. The van der Waals surface area contributed by atoms with Gasteiger partial charge in [-0.1, -0.05) is 0 Å². The van der Waals surface area contributed by atoms with Gasteiger partial charge in [-0.05, 0) is 81.3 Å². The van der Waals surface area contributed by atoms with Crippen molar-refractivity contribution in [2.75, 3.05) is 20.1 Å². The molecule has 34 heavy (non-hydrogen) atoms. The van der Waals surface area contributed by atoms with Crippen molar-refractivity contribution in [1.29, 1.82) is 0 Å². The molecule has 0 bridgehead atoms. The number of aryl methyl sites for hydroxylation is 1. The van der Waals surface area contributed by atoms with E-state index in [-0.39, 0.29) is 18.1 Å². The number of piperidine rings is 1. The van der Waals surface area contributed by atoms with E-state index in [0.717, 1.165) is 59.9 Å². The van der Waals surface area contributed by atoms with E-state index < -0.39 is 6.03 Å².